The van der Waals surface area contributed by atoms with E-state index in [1.54, 1.807) is 6.92 Å². The first-order valence-electron chi connectivity index (χ1n) is 7.62. The molecule has 0 aliphatic carbocycles. The van der Waals surface area contributed by atoms with E-state index < -0.39 is 36.7 Å². The number of nitrogens with zero attached hydrogens (tertiary/aromatic N) is 2. The lowest BCUT2D eigenvalue weighted by molar-refractivity contribution is -0.136. The summed E-state index contributed by atoms with van der Waals surface area (Å²) in [6.07, 6.45) is -2.24. The van der Waals surface area contributed by atoms with Crippen LogP contribution in [0.3, 0.4) is 0 Å². The van der Waals surface area contributed by atoms with Gasteiger partial charge >= 0.3 is 0 Å². The van der Waals surface area contributed by atoms with E-state index in [-0.39, 0.29) is 27.7 Å². The summed E-state index contributed by atoms with van der Waals surface area (Å²) in [4.78, 5) is 39.2. The number of fused-ring (bicyclic) bond motifs is 1. The van der Waals surface area contributed by atoms with Crippen molar-refractivity contribution in [1.82, 2.24) is 9.80 Å². The molecule has 0 N–H and O–H groups in total. The van der Waals surface area contributed by atoms with Crippen molar-refractivity contribution < 1.29 is 23.2 Å². The topological polar surface area (TPSA) is 57.7 Å². The summed E-state index contributed by atoms with van der Waals surface area (Å²) in [5.41, 5.74) is 0.0740. The minimum absolute atomic E-state index is 0.0370. The molecule has 0 bridgehead atoms. The van der Waals surface area contributed by atoms with Gasteiger partial charge in [0.2, 0.25) is 5.91 Å². The first kappa shape index (κ1) is 19.6. The van der Waals surface area contributed by atoms with E-state index in [9.17, 15) is 23.2 Å². The van der Waals surface area contributed by atoms with Gasteiger partial charge in [0.25, 0.3) is 18.2 Å². The molecule has 9 heteroatoms. The molecule has 1 aliphatic rings. The number of hydrogen-bond acceptors (Lipinski definition) is 3. The predicted molar refractivity (Wildman–Crippen MR) is 89.3 cm³/mol. The molecule has 25 heavy (non-hydrogen) atoms. The lowest BCUT2D eigenvalue weighted by atomic mass is 10.1. The second kappa shape index (κ2) is 7.66. The van der Waals surface area contributed by atoms with Crippen molar-refractivity contribution in [2.24, 2.45) is 0 Å². The molecule has 3 amide bonds. The van der Waals surface area contributed by atoms with Crippen LogP contribution in [0.4, 0.5) is 8.78 Å². The van der Waals surface area contributed by atoms with E-state index in [2.05, 4.69) is 0 Å². The zero-order chi connectivity index (χ0) is 18.9. The molecule has 136 valence electrons. The molecule has 0 saturated heterocycles. The van der Waals surface area contributed by atoms with Gasteiger partial charge in [0.1, 0.15) is 6.04 Å². The maximum atomic E-state index is 12.7. The zero-order valence-electron chi connectivity index (χ0n) is 13.6. The van der Waals surface area contributed by atoms with E-state index in [0.717, 1.165) is 9.80 Å². The summed E-state index contributed by atoms with van der Waals surface area (Å²) < 4.78 is 25.4. The Morgan fingerprint density at radius 1 is 1.16 bits per heavy atom. The Morgan fingerprint density at radius 3 is 2.04 bits per heavy atom. The third-order valence-electron chi connectivity index (χ3n) is 3.87. The van der Waals surface area contributed by atoms with Crippen LogP contribution in [0.15, 0.2) is 12.1 Å². The maximum absolute atomic E-state index is 12.7. The number of hydrogen-bond donors (Lipinski definition) is 0. The molecule has 0 fully saturated rings. The molecular weight excluding hydrogens is 377 g/mol. The van der Waals surface area contributed by atoms with Crippen molar-refractivity contribution in [2.75, 3.05) is 13.1 Å². The second-order valence-corrected chi connectivity index (χ2v) is 6.46. The first-order valence-corrected chi connectivity index (χ1v) is 8.38. The standard InChI is InChI=1S/C16H16Cl2F2N2O3/c1-3-4-21(7-13(19)20)14(23)8(2)22-15(24)9-5-11(17)12(18)6-10(9)16(22)25/h5-6,8,13H,3-4,7H2,1-2H3. The number of amides is 3. The Bertz CT molecular complexity index is 687. The van der Waals surface area contributed by atoms with Crippen LogP contribution in [0, 0.1) is 0 Å². The fourth-order valence-corrected chi connectivity index (χ4v) is 3.03. The van der Waals surface area contributed by atoms with E-state index in [1.807, 2.05) is 0 Å². The fraction of sp³-hybridized carbons (Fsp3) is 0.438. The van der Waals surface area contributed by atoms with Crippen LogP contribution in [0.1, 0.15) is 41.0 Å². The Balaban J connectivity index is 2.30. The molecule has 0 aromatic heterocycles. The number of halogens is 4. The average Bonchev–Trinajstić information content (AvgIpc) is 2.77. The summed E-state index contributed by atoms with van der Waals surface area (Å²) in [5, 5.41) is 0.209. The minimum Gasteiger partial charge on any atom is -0.335 e. The quantitative estimate of drug-likeness (QED) is 0.696. The molecule has 5 nitrogen and oxygen atoms in total. The number of imide groups is 1. The van der Waals surface area contributed by atoms with Gasteiger partial charge in [-0.2, -0.15) is 0 Å². The summed E-state index contributed by atoms with van der Waals surface area (Å²) in [5.74, 6) is -2.12. The van der Waals surface area contributed by atoms with Crippen LogP contribution in [0.2, 0.25) is 10.0 Å². The number of rotatable bonds is 6. The highest BCUT2D eigenvalue weighted by Crippen LogP contribution is 2.32. The number of carbonyl (C=O) groups is 3. The molecule has 1 aromatic carbocycles. The third kappa shape index (κ3) is 3.77. The van der Waals surface area contributed by atoms with Gasteiger partial charge in [-0.1, -0.05) is 30.1 Å². The van der Waals surface area contributed by atoms with E-state index in [0.29, 0.717) is 6.42 Å². The van der Waals surface area contributed by atoms with Gasteiger partial charge < -0.3 is 4.90 Å². The highest BCUT2D eigenvalue weighted by molar-refractivity contribution is 6.43. The molecular formula is C16H16Cl2F2N2O3. The molecule has 0 radical (unpaired) electrons. The van der Waals surface area contributed by atoms with Crippen LogP contribution in [0.25, 0.3) is 0 Å². The van der Waals surface area contributed by atoms with Gasteiger partial charge in [-0.15, -0.1) is 0 Å². The molecule has 0 saturated carbocycles. The minimum atomic E-state index is -2.71. The van der Waals surface area contributed by atoms with Crippen LogP contribution in [-0.4, -0.2) is 53.1 Å². The van der Waals surface area contributed by atoms with Gasteiger partial charge in [-0.25, -0.2) is 8.78 Å². The molecule has 1 heterocycles. The summed E-state index contributed by atoms with van der Waals surface area (Å²) in [7, 11) is 0. The SMILES string of the molecule is CCCN(CC(F)F)C(=O)C(C)N1C(=O)c2cc(Cl)c(Cl)cc2C1=O. The van der Waals surface area contributed by atoms with Gasteiger partial charge in [-0.05, 0) is 25.5 Å². The van der Waals surface area contributed by atoms with Gasteiger partial charge in [0, 0.05) is 6.54 Å². The van der Waals surface area contributed by atoms with Gasteiger partial charge in [0.05, 0.1) is 27.7 Å². The van der Waals surface area contributed by atoms with Crippen molar-refractivity contribution in [2.45, 2.75) is 32.7 Å². The van der Waals surface area contributed by atoms with Crippen LogP contribution >= 0.6 is 23.2 Å². The summed E-state index contributed by atoms with van der Waals surface area (Å²) in [6.45, 7) is 2.43. The monoisotopic (exact) mass is 392 g/mol. The van der Waals surface area contributed by atoms with Crippen molar-refractivity contribution in [3.8, 4) is 0 Å². The maximum Gasteiger partial charge on any atom is 0.262 e. The van der Waals surface area contributed by atoms with Crippen molar-refractivity contribution >= 4 is 40.9 Å². The predicted octanol–water partition coefficient (Wildman–Crippen LogP) is 3.48. The van der Waals surface area contributed by atoms with E-state index in [1.165, 1.54) is 19.1 Å². The zero-order valence-corrected chi connectivity index (χ0v) is 15.1. The van der Waals surface area contributed by atoms with Crippen LogP contribution in [0.5, 0.6) is 0 Å². The Kier molecular flexibility index (Phi) is 6.00. The average molecular weight is 393 g/mol. The molecule has 1 aromatic rings. The molecule has 2 rings (SSSR count). The first-order chi connectivity index (χ1) is 11.7. The normalized spacial score (nSPS) is 14.9. The Morgan fingerprint density at radius 2 is 1.64 bits per heavy atom. The van der Waals surface area contributed by atoms with E-state index >= 15 is 0 Å². The fourth-order valence-electron chi connectivity index (χ4n) is 2.71. The van der Waals surface area contributed by atoms with E-state index in [4.69, 9.17) is 23.2 Å². The number of benzene rings is 1. The van der Waals surface area contributed by atoms with Crippen LogP contribution < -0.4 is 0 Å². The second-order valence-electron chi connectivity index (χ2n) is 5.64. The van der Waals surface area contributed by atoms with Crippen LogP contribution in [-0.2, 0) is 4.79 Å². The number of alkyl halides is 2. The summed E-state index contributed by atoms with van der Waals surface area (Å²) >= 11 is 11.7. The van der Waals surface area contributed by atoms with Gasteiger partial charge in [-0.3, -0.25) is 19.3 Å². The largest absolute Gasteiger partial charge is 0.335 e. The molecule has 1 unspecified atom stereocenters. The molecule has 0 spiro atoms. The Hall–Kier alpha value is -1.73. The Labute approximate surface area is 153 Å². The highest BCUT2D eigenvalue weighted by atomic mass is 35.5. The smallest absolute Gasteiger partial charge is 0.262 e. The lowest BCUT2D eigenvalue weighted by Gasteiger charge is -2.29. The third-order valence-corrected chi connectivity index (χ3v) is 4.59. The summed E-state index contributed by atoms with van der Waals surface area (Å²) in [6, 6.07) is 1.31. The lowest BCUT2D eigenvalue weighted by Crippen LogP contribution is -2.50. The van der Waals surface area contributed by atoms with Crippen molar-refractivity contribution in [1.29, 1.82) is 0 Å². The molecule has 1 aliphatic heterocycles. The van der Waals surface area contributed by atoms with Crippen molar-refractivity contribution in [3.05, 3.63) is 33.3 Å². The highest BCUT2D eigenvalue weighted by Gasteiger charge is 2.42. The van der Waals surface area contributed by atoms with Crippen molar-refractivity contribution in [3.63, 3.8) is 0 Å². The molecule has 1 atom stereocenters. The number of carbonyl (C=O) groups excluding carboxylic acids is 3. The van der Waals surface area contributed by atoms with Gasteiger partial charge in [0.15, 0.2) is 0 Å².